The van der Waals surface area contributed by atoms with E-state index in [9.17, 15) is 9.59 Å². The molecular formula is C14H22BrN3O2. The van der Waals surface area contributed by atoms with E-state index in [4.69, 9.17) is 0 Å². The van der Waals surface area contributed by atoms with Crippen LogP contribution in [0.4, 0.5) is 0 Å². The van der Waals surface area contributed by atoms with Crippen molar-refractivity contribution in [2.24, 2.45) is 0 Å². The van der Waals surface area contributed by atoms with Gasteiger partial charge in [0, 0.05) is 22.3 Å². The molecule has 0 spiro atoms. The van der Waals surface area contributed by atoms with Crippen molar-refractivity contribution in [3.05, 3.63) is 22.4 Å². The Morgan fingerprint density at radius 2 is 1.95 bits per heavy atom. The molecule has 112 valence electrons. The smallest absolute Gasteiger partial charge is 0.268 e. The lowest BCUT2D eigenvalue weighted by atomic mass is 10.1. The molecule has 0 saturated heterocycles. The van der Waals surface area contributed by atoms with Crippen molar-refractivity contribution in [1.29, 1.82) is 0 Å². The monoisotopic (exact) mass is 343 g/mol. The number of rotatable bonds is 4. The van der Waals surface area contributed by atoms with Gasteiger partial charge < -0.3 is 15.2 Å². The third-order valence-electron chi connectivity index (χ3n) is 2.53. The van der Waals surface area contributed by atoms with Crippen molar-refractivity contribution >= 4 is 27.7 Å². The van der Waals surface area contributed by atoms with Gasteiger partial charge >= 0.3 is 0 Å². The van der Waals surface area contributed by atoms with Crippen molar-refractivity contribution in [2.45, 2.75) is 46.2 Å². The average molecular weight is 344 g/mol. The molecule has 0 saturated carbocycles. The summed E-state index contributed by atoms with van der Waals surface area (Å²) in [5, 5.41) is 5.44. The van der Waals surface area contributed by atoms with E-state index in [1.54, 1.807) is 6.07 Å². The number of carbonyl (C=O) groups is 2. The quantitative estimate of drug-likeness (QED) is 0.881. The maximum Gasteiger partial charge on any atom is 0.268 e. The standard InChI is InChI=1S/C14H22BrN3O2/c1-9(2)18-8-10(15)6-11(18)13(20)16-7-12(19)17-14(3,4)5/h6,8-9H,7H2,1-5H3,(H,16,20)(H,17,19). The predicted octanol–water partition coefficient (Wildman–Crippen LogP) is 2.48. The van der Waals surface area contributed by atoms with Gasteiger partial charge in [0.05, 0.1) is 6.54 Å². The highest BCUT2D eigenvalue weighted by atomic mass is 79.9. The Bertz CT molecular complexity index is 501. The van der Waals surface area contributed by atoms with Crippen LogP contribution in [0.25, 0.3) is 0 Å². The lowest BCUT2D eigenvalue weighted by Gasteiger charge is -2.20. The summed E-state index contributed by atoms with van der Waals surface area (Å²) in [6, 6.07) is 1.92. The molecule has 1 aromatic heterocycles. The SMILES string of the molecule is CC(C)n1cc(Br)cc1C(=O)NCC(=O)NC(C)(C)C. The molecule has 5 nitrogen and oxygen atoms in total. The Hall–Kier alpha value is -1.30. The Morgan fingerprint density at radius 1 is 1.35 bits per heavy atom. The third-order valence-corrected chi connectivity index (χ3v) is 2.96. The van der Waals surface area contributed by atoms with Gasteiger partial charge in [0.2, 0.25) is 5.91 Å². The van der Waals surface area contributed by atoms with Gasteiger partial charge in [0.25, 0.3) is 5.91 Å². The number of carbonyl (C=O) groups excluding carboxylic acids is 2. The number of amides is 2. The van der Waals surface area contributed by atoms with Crippen LogP contribution < -0.4 is 10.6 Å². The summed E-state index contributed by atoms with van der Waals surface area (Å²) >= 11 is 3.36. The zero-order valence-electron chi connectivity index (χ0n) is 12.6. The second kappa shape index (κ2) is 6.43. The molecule has 0 aliphatic rings. The number of nitrogens with zero attached hydrogens (tertiary/aromatic N) is 1. The minimum atomic E-state index is -0.303. The van der Waals surface area contributed by atoms with Crippen LogP contribution in [0.5, 0.6) is 0 Å². The molecule has 0 aromatic carbocycles. The lowest BCUT2D eigenvalue weighted by Crippen LogP contribution is -2.46. The molecule has 20 heavy (non-hydrogen) atoms. The maximum atomic E-state index is 12.1. The van der Waals surface area contributed by atoms with Gasteiger partial charge in [0.15, 0.2) is 0 Å². The van der Waals surface area contributed by atoms with Crippen molar-refractivity contribution in [3.63, 3.8) is 0 Å². The van der Waals surface area contributed by atoms with Crippen LogP contribution >= 0.6 is 15.9 Å². The van der Waals surface area contributed by atoms with Crippen LogP contribution in [0.15, 0.2) is 16.7 Å². The molecule has 2 amide bonds. The summed E-state index contributed by atoms with van der Waals surface area (Å²) in [5.74, 6) is -0.457. The Labute approximate surface area is 128 Å². The molecule has 2 N–H and O–H groups in total. The van der Waals surface area contributed by atoms with E-state index in [2.05, 4.69) is 26.6 Å². The van der Waals surface area contributed by atoms with Crippen LogP contribution in [-0.2, 0) is 4.79 Å². The minimum Gasteiger partial charge on any atom is -0.350 e. The van der Waals surface area contributed by atoms with Crippen LogP contribution in [0, 0.1) is 0 Å². The van der Waals surface area contributed by atoms with E-state index in [-0.39, 0.29) is 29.9 Å². The highest BCUT2D eigenvalue weighted by Gasteiger charge is 2.17. The predicted molar refractivity (Wildman–Crippen MR) is 82.7 cm³/mol. The first-order chi connectivity index (χ1) is 9.10. The van der Waals surface area contributed by atoms with Crippen LogP contribution in [0.3, 0.4) is 0 Å². The third kappa shape index (κ3) is 5.00. The van der Waals surface area contributed by atoms with Crippen LogP contribution in [0.2, 0.25) is 0 Å². The molecule has 0 aliphatic heterocycles. The Balaban J connectivity index is 2.66. The Morgan fingerprint density at radius 3 is 2.45 bits per heavy atom. The van der Waals surface area contributed by atoms with Crippen molar-refractivity contribution in [3.8, 4) is 0 Å². The molecule has 0 fully saturated rings. The fourth-order valence-electron chi connectivity index (χ4n) is 1.77. The number of halogens is 1. The van der Waals surface area contributed by atoms with E-state index in [1.807, 2.05) is 45.4 Å². The molecular weight excluding hydrogens is 322 g/mol. The average Bonchev–Trinajstić information content (AvgIpc) is 2.66. The highest BCUT2D eigenvalue weighted by molar-refractivity contribution is 9.10. The van der Waals surface area contributed by atoms with E-state index in [0.717, 1.165) is 4.47 Å². The molecule has 0 radical (unpaired) electrons. The molecule has 0 bridgehead atoms. The van der Waals surface area contributed by atoms with E-state index in [1.165, 1.54) is 0 Å². The largest absolute Gasteiger partial charge is 0.350 e. The molecule has 1 aromatic rings. The van der Waals surface area contributed by atoms with Crippen molar-refractivity contribution < 1.29 is 9.59 Å². The lowest BCUT2D eigenvalue weighted by molar-refractivity contribution is -0.121. The molecule has 0 atom stereocenters. The number of nitrogens with one attached hydrogen (secondary N) is 2. The molecule has 1 heterocycles. The first-order valence-electron chi connectivity index (χ1n) is 6.57. The van der Waals surface area contributed by atoms with Gasteiger partial charge in [0.1, 0.15) is 5.69 Å². The molecule has 6 heteroatoms. The molecule has 1 rings (SSSR count). The summed E-state index contributed by atoms with van der Waals surface area (Å²) < 4.78 is 2.71. The zero-order valence-corrected chi connectivity index (χ0v) is 14.2. The topological polar surface area (TPSA) is 63.1 Å². The number of hydrogen-bond acceptors (Lipinski definition) is 2. The van der Waals surface area contributed by atoms with E-state index < -0.39 is 0 Å². The maximum absolute atomic E-state index is 12.1. The first-order valence-corrected chi connectivity index (χ1v) is 7.36. The summed E-state index contributed by atoms with van der Waals surface area (Å²) in [6.45, 7) is 9.65. The van der Waals surface area contributed by atoms with Crippen LogP contribution in [0.1, 0.15) is 51.1 Å². The van der Waals surface area contributed by atoms with Crippen molar-refractivity contribution in [2.75, 3.05) is 6.54 Å². The van der Waals surface area contributed by atoms with Crippen LogP contribution in [-0.4, -0.2) is 28.5 Å². The normalized spacial score (nSPS) is 11.6. The van der Waals surface area contributed by atoms with Gasteiger partial charge in [-0.15, -0.1) is 0 Å². The zero-order chi connectivity index (χ0) is 15.5. The van der Waals surface area contributed by atoms with Gasteiger partial charge in [-0.2, -0.15) is 0 Å². The van der Waals surface area contributed by atoms with Gasteiger partial charge in [-0.25, -0.2) is 0 Å². The second-order valence-corrected chi connectivity index (χ2v) is 6.94. The van der Waals surface area contributed by atoms with Gasteiger partial charge in [-0.05, 0) is 56.6 Å². The summed E-state index contributed by atoms with van der Waals surface area (Å²) in [7, 11) is 0. The fraction of sp³-hybridized carbons (Fsp3) is 0.571. The summed E-state index contributed by atoms with van der Waals surface area (Å²) in [5.41, 5.74) is 0.235. The Kier molecular flexibility index (Phi) is 5.39. The van der Waals surface area contributed by atoms with E-state index >= 15 is 0 Å². The summed E-state index contributed by atoms with van der Waals surface area (Å²) in [4.78, 5) is 23.8. The van der Waals surface area contributed by atoms with Gasteiger partial charge in [-0.1, -0.05) is 0 Å². The number of hydrogen-bond donors (Lipinski definition) is 2. The fourth-order valence-corrected chi connectivity index (χ4v) is 2.21. The first kappa shape index (κ1) is 16.8. The second-order valence-electron chi connectivity index (χ2n) is 6.03. The number of aromatic nitrogens is 1. The van der Waals surface area contributed by atoms with Crippen molar-refractivity contribution in [1.82, 2.24) is 15.2 Å². The minimum absolute atomic E-state index is 0.0308. The van der Waals surface area contributed by atoms with E-state index in [0.29, 0.717) is 5.69 Å². The summed E-state index contributed by atoms with van der Waals surface area (Å²) in [6.07, 6.45) is 1.86. The molecule has 0 aliphatic carbocycles. The molecule has 0 unspecified atom stereocenters. The van der Waals surface area contributed by atoms with Gasteiger partial charge in [-0.3, -0.25) is 9.59 Å². The highest BCUT2D eigenvalue weighted by Crippen LogP contribution is 2.19.